The second kappa shape index (κ2) is 3.86. The molecule has 1 N–H and O–H groups in total. The molecule has 0 spiro atoms. The zero-order chi connectivity index (χ0) is 13.0. The number of nitrogens with one attached hydrogen (secondary N) is 1. The minimum atomic E-state index is 0.339. The predicted molar refractivity (Wildman–Crippen MR) is 75.9 cm³/mol. The van der Waals surface area contributed by atoms with Crippen LogP contribution in [0.1, 0.15) is 40.0 Å². The van der Waals surface area contributed by atoms with Gasteiger partial charge in [-0.25, -0.2) is 4.98 Å². The highest BCUT2D eigenvalue weighted by Crippen LogP contribution is 2.63. The lowest BCUT2D eigenvalue weighted by atomic mass is 9.68. The average Bonchev–Trinajstić information content (AvgIpc) is 2.78. The molecule has 2 saturated carbocycles. The van der Waals surface area contributed by atoms with Crippen molar-refractivity contribution in [3.05, 3.63) is 23.5 Å². The van der Waals surface area contributed by atoms with Crippen LogP contribution in [-0.4, -0.2) is 11.0 Å². The maximum absolute atomic E-state index is 6.17. The van der Waals surface area contributed by atoms with Crippen molar-refractivity contribution in [1.29, 1.82) is 0 Å². The fourth-order valence-corrected chi connectivity index (χ4v) is 4.49. The molecule has 1 heterocycles. The molecule has 1 aromatic heterocycles. The molecule has 3 heteroatoms. The van der Waals surface area contributed by atoms with Crippen molar-refractivity contribution in [1.82, 2.24) is 4.98 Å². The van der Waals surface area contributed by atoms with Crippen molar-refractivity contribution in [2.24, 2.45) is 16.7 Å². The number of hydrogen-bond acceptors (Lipinski definition) is 2. The molecule has 98 valence electrons. The molecule has 1 aromatic rings. The second-order valence-corrected chi connectivity index (χ2v) is 7.19. The third kappa shape index (κ3) is 1.65. The summed E-state index contributed by atoms with van der Waals surface area (Å²) in [5.74, 6) is 0.843. The van der Waals surface area contributed by atoms with Crippen LogP contribution in [0.2, 0.25) is 5.15 Å². The molecule has 2 nitrogen and oxygen atoms in total. The Morgan fingerprint density at radius 2 is 2.17 bits per heavy atom. The number of aromatic nitrogens is 1. The quantitative estimate of drug-likeness (QED) is 0.803. The van der Waals surface area contributed by atoms with Crippen LogP contribution in [-0.2, 0) is 0 Å². The number of pyridine rings is 1. The van der Waals surface area contributed by atoms with Crippen molar-refractivity contribution in [2.45, 2.75) is 46.1 Å². The Kier molecular flexibility index (Phi) is 2.64. The average molecular weight is 265 g/mol. The van der Waals surface area contributed by atoms with Crippen LogP contribution in [0.5, 0.6) is 0 Å². The molecule has 0 aliphatic heterocycles. The molecule has 3 rings (SSSR count). The Morgan fingerprint density at radius 3 is 2.78 bits per heavy atom. The van der Waals surface area contributed by atoms with Crippen LogP contribution >= 0.6 is 11.6 Å². The molecule has 1 unspecified atom stereocenters. The molecule has 2 aliphatic carbocycles. The Morgan fingerprint density at radius 1 is 1.39 bits per heavy atom. The third-order valence-corrected chi connectivity index (χ3v) is 5.63. The van der Waals surface area contributed by atoms with E-state index in [9.17, 15) is 0 Å². The molecule has 2 bridgehead atoms. The lowest BCUT2D eigenvalue weighted by molar-refractivity contribution is 0.155. The summed E-state index contributed by atoms with van der Waals surface area (Å²) in [4.78, 5) is 4.16. The first-order valence-corrected chi connectivity index (χ1v) is 7.18. The van der Waals surface area contributed by atoms with Gasteiger partial charge in [0.05, 0.1) is 5.69 Å². The Hall–Kier alpha value is -0.760. The van der Waals surface area contributed by atoms with Gasteiger partial charge in [-0.1, -0.05) is 32.4 Å². The minimum Gasteiger partial charge on any atom is -0.379 e. The molecule has 0 saturated heterocycles. The van der Waals surface area contributed by atoms with Gasteiger partial charge in [0.15, 0.2) is 5.15 Å². The van der Waals surface area contributed by atoms with E-state index in [2.05, 4.69) is 31.1 Å². The van der Waals surface area contributed by atoms with Crippen LogP contribution in [0, 0.1) is 16.7 Å². The first-order valence-electron chi connectivity index (χ1n) is 6.80. The zero-order valence-corrected chi connectivity index (χ0v) is 12.1. The van der Waals surface area contributed by atoms with Gasteiger partial charge in [-0.15, -0.1) is 0 Å². The summed E-state index contributed by atoms with van der Waals surface area (Å²) in [6, 6.07) is 4.46. The third-order valence-electron chi connectivity index (χ3n) is 5.33. The van der Waals surface area contributed by atoms with Gasteiger partial charge in [0.25, 0.3) is 0 Å². The summed E-state index contributed by atoms with van der Waals surface area (Å²) >= 11 is 6.17. The molecule has 18 heavy (non-hydrogen) atoms. The number of hydrogen-bond donors (Lipinski definition) is 1. The maximum atomic E-state index is 6.17. The van der Waals surface area contributed by atoms with Gasteiger partial charge in [-0.05, 0) is 48.1 Å². The van der Waals surface area contributed by atoms with Crippen molar-refractivity contribution < 1.29 is 0 Å². The van der Waals surface area contributed by atoms with Gasteiger partial charge in [0.2, 0.25) is 0 Å². The number of anilines is 1. The predicted octanol–water partition coefficient (Wildman–Crippen LogP) is 4.36. The monoisotopic (exact) mass is 264 g/mol. The molecular formula is C15H21ClN2. The van der Waals surface area contributed by atoms with E-state index in [-0.39, 0.29) is 0 Å². The van der Waals surface area contributed by atoms with Crippen LogP contribution < -0.4 is 5.32 Å². The number of rotatable bonds is 2. The van der Waals surface area contributed by atoms with Crippen LogP contribution in [0.4, 0.5) is 5.69 Å². The van der Waals surface area contributed by atoms with Crippen molar-refractivity contribution in [2.75, 3.05) is 5.32 Å². The van der Waals surface area contributed by atoms with E-state index in [0.717, 1.165) is 11.6 Å². The number of halogens is 1. The van der Waals surface area contributed by atoms with Crippen molar-refractivity contribution in [3.63, 3.8) is 0 Å². The smallest absolute Gasteiger partial charge is 0.152 e. The van der Waals surface area contributed by atoms with Gasteiger partial charge >= 0.3 is 0 Å². The molecule has 0 radical (unpaired) electrons. The Balaban J connectivity index is 1.91. The van der Waals surface area contributed by atoms with Gasteiger partial charge < -0.3 is 5.32 Å². The second-order valence-electron chi connectivity index (χ2n) is 6.83. The Bertz CT molecular complexity index is 467. The van der Waals surface area contributed by atoms with Gasteiger partial charge in [-0.2, -0.15) is 0 Å². The van der Waals surface area contributed by atoms with E-state index >= 15 is 0 Å². The highest BCUT2D eigenvalue weighted by molar-refractivity contribution is 6.31. The molecule has 3 atom stereocenters. The van der Waals surface area contributed by atoms with Crippen molar-refractivity contribution in [3.8, 4) is 0 Å². The fourth-order valence-electron chi connectivity index (χ4n) is 4.31. The molecule has 2 fully saturated rings. The van der Waals surface area contributed by atoms with Gasteiger partial charge in [-0.3, -0.25) is 0 Å². The normalized spacial score (nSPS) is 36.9. The minimum absolute atomic E-state index is 0.339. The molecular weight excluding hydrogens is 244 g/mol. The molecule has 0 amide bonds. The SMILES string of the molecule is CC1(C)C(Nc2cccnc2Cl)[C@]2(C)CC[C@H]1C2. The van der Waals surface area contributed by atoms with E-state index in [1.54, 1.807) is 6.20 Å². The summed E-state index contributed by atoms with van der Waals surface area (Å²) in [5, 5.41) is 4.26. The van der Waals surface area contributed by atoms with Gasteiger partial charge in [0.1, 0.15) is 0 Å². The summed E-state index contributed by atoms with van der Waals surface area (Å²) in [5.41, 5.74) is 1.73. The first kappa shape index (κ1) is 12.3. The van der Waals surface area contributed by atoms with Crippen LogP contribution in [0.15, 0.2) is 18.3 Å². The molecule has 2 aliphatic rings. The Labute approximate surface area is 114 Å². The van der Waals surface area contributed by atoms with E-state index in [0.29, 0.717) is 22.0 Å². The zero-order valence-electron chi connectivity index (χ0n) is 11.3. The summed E-state index contributed by atoms with van der Waals surface area (Å²) in [7, 11) is 0. The fraction of sp³-hybridized carbons (Fsp3) is 0.667. The summed E-state index contributed by atoms with van der Waals surface area (Å²) in [6.45, 7) is 7.21. The number of nitrogens with zero attached hydrogens (tertiary/aromatic N) is 1. The van der Waals surface area contributed by atoms with E-state index < -0.39 is 0 Å². The highest BCUT2D eigenvalue weighted by atomic mass is 35.5. The maximum Gasteiger partial charge on any atom is 0.152 e. The van der Waals surface area contributed by atoms with Crippen molar-refractivity contribution >= 4 is 17.3 Å². The topological polar surface area (TPSA) is 24.9 Å². The summed E-state index contributed by atoms with van der Waals surface area (Å²) in [6.07, 6.45) is 5.79. The van der Waals surface area contributed by atoms with E-state index in [1.807, 2.05) is 12.1 Å². The van der Waals surface area contributed by atoms with Crippen LogP contribution in [0.25, 0.3) is 0 Å². The lowest BCUT2D eigenvalue weighted by Crippen LogP contribution is -2.45. The first-order chi connectivity index (χ1) is 8.43. The largest absolute Gasteiger partial charge is 0.379 e. The number of fused-ring (bicyclic) bond motifs is 2. The van der Waals surface area contributed by atoms with E-state index in [1.165, 1.54) is 19.3 Å². The summed E-state index contributed by atoms with van der Waals surface area (Å²) < 4.78 is 0. The lowest BCUT2D eigenvalue weighted by Gasteiger charge is -2.43. The van der Waals surface area contributed by atoms with Crippen LogP contribution in [0.3, 0.4) is 0 Å². The van der Waals surface area contributed by atoms with E-state index in [4.69, 9.17) is 11.6 Å². The molecule has 0 aromatic carbocycles. The standard InChI is InChI=1S/C15H21ClN2/c1-14(2)10-6-7-15(3,9-10)13(14)18-11-5-4-8-17-12(11)16/h4-5,8,10,13,18H,6-7,9H2,1-3H3/t10-,13?,15+/m0/s1. The highest BCUT2D eigenvalue weighted by Gasteiger charge is 2.59. The van der Waals surface area contributed by atoms with Gasteiger partial charge in [0, 0.05) is 12.2 Å².